The highest BCUT2D eigenvalue weighted by molar-refractivity contribution is 5.93. The second kappa shape index (κ2) is 6.50. The Balaban J connectivity index is 1.63. The molecule has 0 fully saturated rings. The topological polar surface area (TPSA) is 80.0 Å². The molecular weight excluding hydrogens is 292 g/mol. The van der Waals surface area contributed by atoms with Crippen LogP contribution in [0, 0.1) is 0 Å². The molecule has 3 rings (SSSR count). The quantitative estimate of drug-likeness (QED) is 0.887. The van der Waals surface area contributed by atoms with Crippen molar-refractivity contribution in [1.29, 1.82) is 0 Å². The average molecular weight is 314 g/mol. The molecule has 1 amide bonds. The van der Waals surface area contributed by atoms with Crippen molar-refractivity contribution in [3.63, 3.8) is 0 Å². The molecule has 1 unspecified atom stereocenters. The standard InChI is InChI=1S/C17H22N4O2/c1-10(2)17-21-20-16(23-17)9-18-11(3)12-4-6-14-13(8-12)5-7-15(22)19-14/h4,6,8,10-11,18H,5,7,9H2,1-3H3,(H,19,22). The molecule has 122 valence electrons. The third kappa shape index (κ3) is 3.59. The van der Waals surface area contributed by atoms with Crippen molar-refractivity contribution in [2.24, 2.45) is 0 Å². The number of carbonyl (C=O) groups excluding carboxylic acids is 1. The van der Waals surface area contributed by atoms with Gasteiger partial charge in [-0.3, -0.25) is 4.79 Å². The summed E-state index contributed by atoms with van der Waals surface area (Å²) in [5.41, 5.74) is 3.30. The van der Waals surface area contributed by atoms with E-state index >= 15 is 0 Å². The van der Waals surface area contributed by atoms with E-state index in [1.807, 2.05) is 26.0 Å². The lowest BCUT2D eigenvalue weighted by Gasteiger charge is -2.20. The Morgan fingerprint density at radius 1 is 1.26 bits per heavy atom. The van der Waals surface area contributed by atoms with E-state index in [0.29, 0.717) is 24.7 Å². The molecule has 0 aliphatic carbocycles. The zero-order chi connectivity index (χ0) is 16.4. The number of hydrogen-bond acceptors (Lipinski definition) is 5. The normalized spacial score (nSPS) is 15.4. The van der Waals surface area contributed by atoms with Crippen molar-refractivity contribution in [2.75, 3.05) is 5.32 Å². The van der Waals surface area contributed by atoms with Gasteiger partial charge in [-0.25, -0.2) is 0 Å². The molecule has 0 saturated heterocycles. The number of rotatable bonds is 5. The molecule has 6 heteroatoms. The summed E-state index contributed by atoms with van der Waals surface area (Å²) in [6.07, 6.45) is 1.35. The van der Waals surface area contributed by atoms with Gasteiger partial charge in [0.05, 0.1) is 6.54 Å². The summed E-state index contributed by atoms with van der Waals surface area (Å²) in [5.74, 6) is 1.60. The minimum Gasteiger partial charge on any atom is -0.424 e. The van der Waals surface area contributed by atoms with Crippen LogP contribution in [-0.2, 0) is 17.8 Å². The van der Waals surface area contributed by atoms with Gasteiger partial charge in [-0.1, -0.05) is 26.0 Å². The Labute approximate surface area is 135 Å². The Hall–Kier alpha value is -2.21. The smallest absolute Gasteiger partial charge is 0.230 e. The maximum atomic E-state index is 11.4. The number of nitrogens with one attached hydrogen (secondary N) is 2. The lowest BCUT2D eigenvalue weighted by Crippen LogP contribution is -2.21. The van der Waals surface area contributed by atoms with E-state index in [-0.39, 0.29) is 17.9 Å². The molecule has 0 bridgehead atoms. The summed E-state index contributed by atoms with van der Waals surface area (Å²) in [7, 11) is 0. The number of nitrogens with zero attached hydrogens (tertiary/aromatic N) is 2. The second-order valence-electron chi connectivity index (χ2n) is 6.26. The van der Waals surface area contributed by atoms with Gasteiger partial charge < -0.3 is 15.1 Å². The largest absolute Gasteiger partial charge is 0.424 e. The number of hydrogen-bond donors (Lipinski definition) is 2. The third-order valence-electron chi connectivity index (χ3n) is 4.06. The molecular formula is C17H22N4O2. The average Bonchev–Trinajstić information content (AvgIpc) is 3.01. The number of amides is 1. The van der Waals surface area contributed by atoms with Crippen molar-refractivity contribution in [3.8, 4) is 0 Å². The first-order valence-corrected chi connectivity index (χ1v) is 8.01. The van der Waals surface area contributed by atoms with Crippen molar-refractivity contribution >= 4 is 11.6 Å². The summed E-state index contributed by atoms with van der Waals surface area (Å²) in [6, 6.07) is 6.32. The summed E-state index contributed by atoms with van der Waals surface area (Å²) in [6.45, 7) is 6.69. The molecule has 2 N–H and O–H groups in total. The number of carbonyl (C=O) groups is 1. The Bertz CT molecular complexity index is 708. The minimum atomic E-state index is 0.0915. The van der Waals surface area contributed by atoms with Crippen molar-refractivity contribution in [1.82, 2.24) is 15.5 Å². The van der Waals surface area contributed by atoms with Crippen LogP contribution < -0.4 is 10.6 Å². The SMILES string of the molecule is CC(C)c1nnc(CNC(C)c2ccc3c(c2)CCC(=O)N3)o1. The number of aryl methyl sites for hydroxylation is 1. The van der Waals surface area contributed by atoms with E-state index in [2.05, 4.69) is 33.8 Å². The first kappa shape index (κ1) is 15.7. The first-order chi connectivity index (χ1) is 11.0. The summed E-state index contributed by atoms with van der Waals surface area (Å²) in [5, 5.41) is 14.4. The van der Waals surface area contributed by atoms with E-state index in [1.165, 1.54) is 11.1 Å². The van der Waals surface area contributed by atoms with Gasteiger partial charge >= 0.3 is 0 Å². The molecule has 6 nitrogen and oxygen atoms in total. The van der Waals surface area contributed by atoms with E-state index in [1.54, 1.807) is 0 Å². The molecule has 0 spiro atoms. The predicted octanol–water partition coefficient (Wildman–Crippen LogP) is 2.93. The number of benzene rings is 1. The van der Waals surface area contributed by atoms with E-state index < -0.39 is 0 Å². The summed E-state index contributed by atoms with van der Waals surface area (Å²) < 4.78 is 5.60. The van der Waals surface area contributed by atoms with Gasteiger partial charge in [0.1, 0.15) is 0 Å². The highest BCUT2D eigenvalue weighted by Gasteiger charge is 2.17. The molecule has 2 heterocycles. The van der Waals surface area contributed by atoms with Gasteiger partial charge in [0.15, 0.2) is 0 Å². The van der Waals surface area contributed by atoms with Crippen molar-refractivity contribution < 1.29 is 9.21 Å². The van der Waals surface area contributed by atoms with E-state index in [0.717, 1.165) is 12.1 Å². The summed E-state index contributed by atoms with van der Waals surface area (Å²) in [4.78, 5) is 11.4. The van der Waals surface area contributed by atoms with E-state index in [9.17, 15) is 4.79 Å². The van der Waals surface area contributed by atoms with E-state index in [4.69, 9.17) is 4.42 Å². The van der Waals surface area contributed by atoms with Crippen LogP contribution in [0.5, 0.6) is 0 Å². The number of anilines is 1. The minimum absolute atomic E-state index is 0.0915. The Morgan fingerprint density at radius 3 is 2.83 bits per heavy atom. The van der Waals surface area contributed by atoms with Crippen LogP contribution in [0.15, 0.2) is 22.6 Å². The van der Waals surface area contributed by atoms with Crippen LogP contribution in [0.2, 0.25) is 0 Å². The molecule has 2 aromatic rings. The van der Waals surface area contributed by atoms with Gasteiger partial charge in [-0.15, -0.1) is 10.2 Å². The predicted molar refractivity (Wildman–Crippen MR) is 87.0 cm³/mol. The lowest BCUT2D eigenvalue weighted by molar-refractivity contribution is -0.116. The van der Waals surface area contributed by atoms with Gasteiger partial charge in [0.2, 0.25) is 17.7 Å². The Morgan fingerprint density at radius 2 is 2.09 bits per heavy atom. The molecule has 23 heavy (non-hydrogen) atoms. The third-order valence-corrected chi connectivity index (χ3v) is 4.06. The number of fused-ring (bicyclic) bond motifs is 1. The molecule has 1 aromatic carbocycles. The maximum Gasteiger partial charge on any atom is 0.230 e. The van der Waals surface area contributed by atoms with Crippen LogP contribution in [-0.4, -0.2) is 16.1 Å². The lowest BCUT2D eigenvalue weighted by atomic mass is 9.98. The molecule has 1 aromatic heterocycles. The van der Waals surface area contributed by atoms with Crippen molar-refractivity contribution in [3.05, 3.63) is 41.1 Å². The van der Waals surface area contributed by atoms with Crippen LogP contribution in [0.4, 0.5) is 5.69 Å². The van der Waals surface area contributed by atoms with Crippen LogP contribution in [0.3, 0.4) is 0 Å². The number of aromatic nitrogens is 2. The highest BCUT2D eigenvalue weighted by atomic mass is 16.4. The zero-order valence-corrected chi connectivity index (χ0v) is 13.7. The molecule has 1 atom stereocenters. The van der Waals surface area contributed by atoms with Gasteiger partial charge in [0.25, 0.3) is 0 Å². The fourth-order valence-corrected chi connectivity index (χ4v) is 2.60. The van der Waals surface area contributed by atoms with Crippen LogP contribution in [0.25, 0.3) is 0 Å². The second-order valence-corrected chi connectivity index (χ2v) is 6.26. The zero-order valence-electron chi connectivity index (χ0n) is 13.7. The monoisotopic (exact) mass is 314 g/mol. The molecule has 1 aliphatic heterocycles. The van der Waals surface area contributed by atoms with Gasteiger partial charge in [0, 0.05) is 24.1 Å². The fraction of sp³-hybridized carbons (Fsp3) is 0.471. The Kier molecular flexibility index (Phi) is 4.43. The molecule has 0 radical (unpaired) electrons. The van der Waals surface area contributed by atoms with Gasteiger partial charge in [-0.05, 0) is 30.5 Å². The van der Waals surface area contributed by atoms with Crippen LogP contribution >= 0.6 is 0 Å². The molecule has 0 saturated carbocycles. The summed E-state index contributed by atoms with van der Waals surface area (Å²) >= 11 is 0. The van der Waals surface area contributed by atoms with Gasteiger partial charge in [-0.2, -0.15) is 0 Å². The maximum absolute atomic E-state index is 11.4. The first-order valence-electron chi connectivity index (χ1n) is 8.01. The molecule has 1 aliphatic rings. The van der Waals surface area contributed by atoms with Crippen molar-refractivity contribution in [2.45, 2.75) is 52.1 Å². The highest BCUT2D eigenvalue weighted by Crippen LogP contribution is 2.26. The van der Waals surface area contributed by atoms with Crippen LogP contribution in [0.1, 0.15) is 62.1 Å². The fourth-order valence-electron chi connectivity index (χ4n) is 2.60.